The highest BCUT2D eigenvalue weighted by atomic mass is 16.8. The summed E-state index contributed by atoms with van der Waals surface area (Å²) in [6.07, 6.45) is -1.21. The lowest BCUT2D eigenvalue weighted by molar-refractivity contribution is -0.199. The summed E-state index contributed by atoms with van der Waals surface area (Å²) in [7, 11) is 0. The highest BCUT2D eigenvalue weighted by Crippen LogP contribution is 2.33. The normalized spacial score (nSPS) is 16.8. The molecule has 128 valence electrons. The van der Waals surface area contributed by atoms with Crippen LogP contribution < -0.4 is 4.74 Å². The molecule has 1 aromatic rings. The zero-order valence-electron chi connectivity index (χ0n) is 14.8. The molecular weight excluding hydrogens is 294 g/mol. The Hall–Kier alpha value is -1.59. The van der Waals surface area contributed by atoms with Crippen molar-refractivity contribution in [1.82, 2.24) is 5.06 Å². The first-order valence-electron chi connectivity index (χ1n) is 7.94. The maximum atomic E-state index is 11.9. The number of nitrogens with zero attached hydrogens (tertiary/aromatic N) is 1. The van der Waals surface area contributed by atoms with Crippen LogP contribution in [0.25, 0.3) is 0 Å². The van der Waals surface area contributed by atoms with E-state index in [1.165, 1.54) is 5.06 Å². The predicted molar refractivity (Wildman–Crippen MR) is 88.5 cm³/mol. The van der Waals surface area contributed by atoms with Gasteiger partial charge in [0.25, 0.3) is 0 Å². The van der Waals surface area contributed by atoms with Crippen LogP contribution in [0.15, 0.2) is 18.2 Å². The molecule has 2 rings (SSSR count). The summed E-state index contributed by atoms with van der Waals surface area (Å²) in [6, 6.07) is 5.91. The number of carbonyl (C=O) groups excluding carboxylic acids is 1. The van der Waals surface area contributed by atoms with E-state index in [0.717, 1.165) is 11.1 Å². The van der Waals surface area contributed by atoms with E-state index in [0.29, 0.717) is 18.8 Å². The topological polar surface area (TPSA) is 59.0 Å². The molecule has 1 aliphatic heterocycles. The number of hydrogen-bond donors (Lipinski definition) is 1. The van der Waals surface area contributed by atoms with Crippen LogP contribution in [0.2, 0.25) is 0 Å². The molecule has 0 aromatic heterocycles. The Balaban J connectivity index is 2.18. The van der Waals surface area contributed by atoms with Gasteiger partial charge in [-0.15, -0.1) is 5.06 Å². The molecule has 1 aliphatic rings. The Morgan fingerprint density at radius 1 is 1.04 bits per heavy atom. The van der Waals surface area contributed by atoms with E-state index in [9.17, 15) is 9.90 Å². The van der Waals surface area contributed by atoms with E-state index in [1.807, 2.05) is 12.1 Å². The molecule has 0 unspecified atom stereocenters. The molecule has 0 atom stereocenters. The maximum Gasteiger partial charge on any atom is 0.533 e. The van der Waals surface area contributed by atoms with Crippen LogP contribution in [0.5, 0.6) is 5.75 Å². The molecule has 1 fully saturated rings. The van der Waals surface area contributed by atoms with Gasteiger partial charge in [-0.3, -0.25) is 0 Å². The zero-order chi connectivity index (χ0) is 17.4. The van der Waals surface area contributed by atoms with Gasteiger partial charge in [-0.25, -0.2) is 4.79 Å². The number of aliphatic hydroxyl groups excluding tert-OH is 1. The van der Waals surface area contributed by atoms with Gasteiger partial charge in [-0.2, -0.15) is 0 Å². The van der Waals surface area contributed by atoms with Crippen LogP contribution in [0.1, 0.15) is 52.7 Å². The van der Waals surface area contributed by atoms with Gasteiger partial charge in [-0.1, -0.05) is 47.6 Å². The molecular formula is C18H27NO4. The molecule has 5 nitrogen and oxygen atoms in total. The van der Waals surface area contributed by atoms with Crippen LogP contribution in [0.3, 0.4) is 0 Å². The number of carbonyl (C=O) groups is 1. The van der Waals surface area contributed by atoms with Gasteiger partial charge in [0.2, 0.25) is 0 Å². The SMILES string of the molecule is CC(C)(C)c1cc(OC(=O)ON2CC(O)C2)cc(C(C)(C)C)c1. The van der Waals surface area contributed by atoms with Crippen molar-refractivity contribution in [3.05, 3.63) is 29.3 Å². The molecule has 1 saturated heterocycles. The summed E-state index contributed by atoms with van der Waals surface area (Å²) in [5.41, 5.74) is 2.11. The van der Waals surface area contributed by atoms with Gasteiger partial charge in [0, 0.05) is 0 Å². The van der Waals surface area contributed by atoms with Gasteiger partial charge in [0.15, 0.2) is 0 Å². The predicted octanol–water partition coefficient (Wildman–Crippen LogP) is 3.39. The molecule has 0 radical (unpaired) electrons. The average Bonchev–Trinajstić information content (AvgIpc) is 2.34. The third-order valence-corrected chi connectivity index (χ3v) is 3.87. The van der Waals surface area contributed by atoms with Crippen molar-refractivity contribution in [2.45, 2.75) is 58.5 Å². The second kappa shape index (κ2) is 6.13. The van der Waals surface area contributed by atoms with Crippen molar-refractivity contribution in [1.29, 1.82) is 0 Å². The number of hydroxylamine groups is 2. The molecule has 0 spiro atoms. The van der Waals surface area contributed by atoms with E-state index in [1.54, 1.807) is 0 Å². The fourth-order valence-corrected chi connectivity index (χ4v) is 2.24. The van der Waals surface area contributed by atoms with Gasteiger partial charge in [-0.05, 0) is 34.1 Å². The van der Waals surface area contributed by atoms with Crippen LogP contribution in [-0.2, 0) is 15.7 Å². The highest BCUT2D eigenvalue weighted by molar-refractivity contribution is 5.64. The van der Waals surface area contributed by atoms with Gasteiger partial charge >= 0.3 is 6.16 Å². The zero-order valence-corrected chi connectivity index (χ0v) is 14.8. The fraction of sp³-hybridized carbons (Fsp3) is 0.611. The Morgan fingerprint density at radius 2 is 1.52 bits per heavy atom. The number of aliphatic hydroxyl groups is 1. The smallest absolute Gasteiger partial charge is 0.394 e. The van der Waals surface area contributed by atoms with E-state index in [4.69, 9.17) is 9.57 Å². The van der Waals surface area contributed by atoms with Gasteiger partial charge in [0.05, 0.1) is 19.2 Å². The second-order valence-corrected chi connectivity index (χ2v) is 8.19. The van der Waals surface area contributed by atoms with Gasteiger partial charge in [0.1, 0.15) is 5.75 Å². The highest BCUT2D eigenvalue weighted by Gasteiger charge is 2.29. The van der Waals surface area contributed by atoms with E-state index in [2.05, 4.69) is 47.6 Å². The van der Waals surface area contributed by atoms with Crippen LogP contribution in [0.4, 0.5) is 4.79 Å². The van der Waals surface area contributed by atoms with Crippen LogP contribution in [-0.4, -0.2) is 35.5 Å². The quantitative estimate of drug-likeness (QED) is 0.668. The molecule has 1 N–H and O–H groups in total. The first kappa shape index (κ1) is 17.8. The first-order valence-corrected chi connectivity index (χ1v) is 7.94. The second-order valence-electron chi connectivity index (χ2n) is 8.19. The summed E-state index contributed by atoms with van der Waals surface area (Å²) in [6.45, 7) is 13.4. The van der Waals surface area contributed by atoms with Crippen molar-refractivity contribution in [2.75, 3.05) is 13.1 Å². The van der Waals surface area contributed by atoms with Gasteiger partial charge < -0.3 is 14.7 Å². The fourth-order valence-electron chi connectivity index (χ4n) is 2.24. The molecule has 1 aromatic carbocycles. The third-order valence-electron chi connectivity index (χ3n) is 3.87. The van der Waals surface area contributed by atoms with E-state index >= 15 is 0 Å². The molecule has 1 heterocycles. The number of ether oxygens (including phenoxy) is 1. The van der Waals surface area contributed by atoms with Crippen molar-refractivity contribution >= 4 is 6.16 Å². The Labute approximate surface area is 138 Å². The number of rotatable bonds is 2. The van der Waals surface area contributed by atoms with Crippen molar-refractivity contribution in [3.63, 3.8) is 0 Å². The minimum atomic E-state index is -0.775. The maximum absolute atomic E-state index is 11.9. The lowest BCUT2D eigenvalue weighted by Gasteiger charge is -2.32. The monoisotopic (exact) mass is 321 g/mol. The minimum Gasteiger partial charge on any atom is -0.394 e. The third kappa shape index (κ3) is 4.69. The number of β-amino-alcohol motifs (C(OH)–C–C–N with tert-alkyl or cyclic N) is 1. The van der Waals surface area contributed by atoms with E-state index in [-0.39, 0.29) is 10.8 Å². The first-order chi connectivity index (χ1) is 10.4. The standard InChI is InChI=1S/C18H27NO4/c1-17(2,3)12-7-13(18(4,5)6)9-15(8-12)22-16(21)23-19-10-14(20)11-19/h7-9,14,20H,10-11H2,1-6H3. The number of hydrogen-bond acceptors (Lipinski definition) is 5. The summed E-state index contributed by atoms with van der Waals surface area (Å²) in [5, 5.41) is 10.6. The molecule has 0 saturated carbocycles. The van der Waals surface area contributed by atoms with Crippen molar-refractivity contribution < 1.29 is 19.5 Å². The average molecular weight is 321 g/mol. The van der Waals surface area contributed by atoms with Crippen molar-refractivity contribution in [2.24, 2.45) is 0 Å². The summed E-state index contributed by atoms with van der Waals surface area (Å²) < 4.78 is 5.34. The molecule has 0 bridgehead atoms. The van der Waals surface area contributed by atoms with Crippen LogP contribution in [0, 0.1) is 0 Å². The van der Waals surface area contributed by atoms with Crippen LogP contribution >= 0.6 is 0 Å². The lowest BCUT2D eigenvalue weighted by Crippen LogP contribution is -2.51. The molecule has 0 aliphatic carbocycles. The summed E-state index contributed by atoms with van der Waals surface area (Å²) in [4.78, 5) is 16.9. The van der Waals surface area contributed by atoms with Crippen molar-refractivity contribution in [3.8, 4) is 5.75 Å². The molecule has 23 heavy (non-hydrogen) atoms. The summed E-state index contributed by atoms with van der Waals surface area (Å²) >= 11 is 0. The summed E-state index contributed by atoms with van der Waals surface area (Å²) in [5.74, 6) is 0.480. The van der Waals surface area contributed by atoms with E-state index < -0.39 is 12.3 Å². The Kier molecular flexibility index (Phi) is 4.74. The lowest BCUT2D eigenvalue weighted by atomic mass is 9.80. The number of benzene rings is 1. The Bertz CT molecular complexity index is 545. The molecule has 5 heteroatoms. The largest absolute Gasteiger partial charge is 0.533 e. The Morgan fingerprint density at radius 3 is 1.91 bits per heavy atom. The molecule has 0 amide bonds. The minimum absolute atomic E-state index is 0.0507.